The molecule has 45 heavy (non-hydrogen) atoms. The number of aromatic amines is 1. The van der Waals surface area contributed by atoms with Gasteiger partial charge in [-0.15, -0.1) is 0 Å². The molecule has 3 aromatic heterocycles. The van der Waals surface area contributed by atoms with Gasteiger partial charge in [0.1, 0.15) is 48.0 Å². The number of hydrogen-bond acceptors (Lipinski definition) is 16. The van der Waals surface area contributed by atoms with Gasteiger partial charge in [0.15, 0.2) is 23.9 Å². The molecule has 246 valence electrons. The van der Waals surface area contributed by atoms with Crippen molar-refractivity contribution >= 4 is 32.6 Å². The van der Waals surface area contributed by atoms with Crippen molar-refractivity contribution in [3.05, 3.63) is 45.3 Å². The molecule has 3 aromatic rings. The SMILES string of the molecule is Cc1cn([C@@H]2O[C@@]3(COP(=O)(O)O[C@H]4[C@@H](O)[C@H](n5cnc6c(N)ncnc65)O[C@@H]4CO)CO[C@@H]2[C@@H]3OP(=O)(O)O)c(=O)[nH]c1=O. The number of fused-ring (bicyclic) bond motifs is 3. The van der Waals surface area contributed by atoms with Crippen LogP contribution < -0.4 is 17.0 Å². The summed E-state index contributed by atoms with van der Waals surface area (Å²) in [6, 6.07) is 0. The molecule has 6 heterocycles. The predicted molar refractivity (Wildman–Crippen MR) is 143 cm³/mol. The maximum atomic E-state index is 13.2. The van der Waals surface area contributed by atoms with Crippen LogP contribution in [0.3, 0.4) is 0 Å². The van der Waals surface area contributed by atoms with Crippen LogP contribution in [-0.2, 0) is 36.9 Å². The summed E-state index contributed by atoms with van der Waals surface area (Å²) in [7, 11) is -10.4. The lowest BCUT2D eigenvalue weighted by molar-refractivity contribution is -0.186. The van der Waals surface area contributed by atoms with Crippen LogP contribution in [0.25, 0.3) is 11.2 Å². The van der Waals surface area contributed by atoms with Gasteiger partial charge in [0.25, 0.3) is 5.56 Å². The van der Waals surface area contributed by atoms with E-state index in [0.717, 1.165) is 17.1 Å². The number of aliphatic hydroxyl groups excluding tert-OH is 2. The van der Waals surface area contributed by atoms with E-state index in [1.165, 1.54) is 17.8 Å². The average Bonchev–Trinajstić information content (AvgIpc) is 3.70. The Bertz CT molecular complexity index is 1830. The van der Waals surface area contributed by atoms with E-state index in [-0.39, 0.29) is 22.5 Å². The van der Waals surface area contributed by atoms with E-state index >= 15 is 0 Å². The Balaban J connectivity index is 1.22. The number of rotatable bonds is 10. The summed E-state index contributed by atoms with van der Waals surface area (Å²) in [4.78, 5) is 68.1. The van der Waals surface area contributed by atoms with E-state index in [1.807, 2.05) is 0 Å². The van der Waals surface area contributed by atoms with Gasteiger partial charge in [-0.25, -0.2) is 28.9 Å². The van der Waals surface area contributed by atoms with Gasteiger partial charge in [0.2, 0.25) is 0 Å². The van der Waals surface area contributed by atoms with Gasteiger partial charge < -0.3 is 44.8 Å². The Kier molecular flexibility index (Phi) is 8.10. The maximum absolute atomic E-state index is 13.2. The van der Waals surface area contributed by atoms with Crippen molar-refractivity contribution < 1.29 is 61.8 Å². The minimum atomic E-state index is -5.23. The summed E-state index contributed by atoms with van der Waals surface area (Å²) in [6.45, 7) is -0.772. The number of ether oxygens (including phenoxy) is 3. The van der Waals surface area contributed by atoms with Gasteiger partial charge in [-0.1, -0.05) is 0 Å². The first kappa shape index (κ1) is 32.0. The van der Waals surface area contributed by atoms with Crippen LogP contribution in [0, 0.1) is 6.92 Å². The lowest BCUT2D eigenvalue weighted by atomic mass is 10.0. The number of phosphoric ester groups is 2. The zero-order valence-electron chi connectivity index (χ0n) is 22.9. The standard InChI is InChI=1S/C21H27N7O15P2/c1-8-2-27(20(32)26-17(8)31)19-13-14(43-44(33,34)35)21(41-19,4-38-13)5-39-45(36,37)42-12-9(3-29)40-18(11(12)30)28-7-25-10-15(22)23-6-24-16(10)28/h2,6-7,9,11-14,18-19,29-30H,3-5H2,1H3,(H,36,37)(H2,22,23,24)(H,26,31,32)(H2,33,34,35)/t9-,11-,12-,13-,14+,18-,19-,21-/m1/s1. The zero-order valence-corrected chi connectivity index (χ0v) is 24.7. The molecule has 0 radical (unpaired) electrons. The van der Waals surface area contributed by atoms with Gasteiger partial charge in [-0.3, -0.25) is 32.5 Å². The topological polar surface area (TPSA) is 315 Å². The molecule has 24 heteroatoms. The molecular weight excluding hydrogens is 652 g/mol. The van der Waals surface area contributed by atoms with Crippen molar-refractivity contribution in [2.75, 3.05) is 25.6 Å². The molecule has 9 atom stereocenters. The Morgan fingerprint density at radius 2 is 1.91 bits per heavy atom. The van der Waals surface area contributed by atoms with Crippen LogP contribution in [0.15, 0.2) is 28.4 Å². The second-order valence-electron chi connectivity index (χ2n) is 10.5. The molecule has 2 bridgehead atoms. The number of nitrogens with one attached hydrogen (secondary N) is 1. The van der Waals surface area contributed by atoms with Gasteiger partial charge >= 0.3 is 21.3 Å². The molecule has 0 aliphatic carbocycles. The highest BCUT2D eigenvalue weighted by atomic mass is 31.2. The monoisotopic (exact) mass is 679 g/mol. The summed E-state index contributed by atoms with van der Waals surface area (Å²) in [5.74, 6) is 0.0430. The third-order valence-electron chi connectivity index (χ3n) is 7.52. The fourth-order valence-corrected chi connectivity index (χ4v) is 7.08. The largest absolute Gasteiger partial charge is 0.472 e. The fourth-order valence-electron chi connectivity index (χ4n) is 5.46. The van der Waals surface area contributed by atoms with Crippen molar-refractivity contribution in [2.24, 2.45) is 0 Å². The highest BCUT2D eigenvalue weighted by Crippen LogP contribution is 2.55. The summed E-state index contributed by atoms with van der Waals surface area (Å²) < 4.78 is 59.6. The Morgan fingerprint density at radius 1 is 1.16 bits per heavy atom. The van der Waals surface area contributed by atoms with Crippen LogP contribution in [0.4, 0.5) is 5.82 Å². The summed E-state index contributed by atoms with van der Waals surface area (Å²) >= 11 is 0. The fraction of sp³-hybridized carbons (Fsp3) is 0.571. The van der Waals surface area contributed by atoms with Crippen LogP contribution in [0.1, 0.15) is 18.0 Å². The second-order valence-corrected chi connectivity index (χ2v) is 13.1. The third kappa shape index (κ3) is 5.78. The van der Waals surface area contributed by atoms with Crippen molar-refractivity contribution in [2.45, 2.75) is 55.5 Å². The third-order valence-corrected chi connectivity index (χ3v) is 8.99. The van der Waals surface area contributed by atoms with Gasteiger partial charge in [0, 0.05) is 11.8 Å². The number of imidazole rings is 1. The van der Waals surface area contributed by atoms with E-state index < -0.39 is 95.3 Å². The predicted octanol–water partition coefficient (Wildman–Crippen LogP) is -2.84. The molecule has 3 aliphatic heterocycles. The van der Waals surface area contributed by atoms with E-state index in [4.69, 9.17) is 33.5 Å². The normalized spacial score (nSPS) is 32.8. The molecule has 0 spiro atoms. The van der Waals surface area contributed by atoms with Crippen molar-refractivity contribution in [3.63, 3.8) is 0 Å². The van der Waals surface area contributed by atoms with Crippen LogP contribution in [-0.4, -0.2) is 110 Å². The van der Waals surface area contributed by atoms with Crippen LogP contribution >= 0.6 is 15.6 Å². The summed E-state index contributed by atoms with van der Waals surface area (Å²) in [6.07, 6.45) is -6.88. The first-order chi connectivity index (χ1) is 21.1. The molecule has 0 saturated carbocycles. The first-order valence-electron chi connectivity index (χ1n) is 13.0. The summed E-state index contributed by atoms with van der Waals surface area (Å²) in [5, 5.41) is 20.9. The number of anilines is 1. The van der Waals surface area contributed by atoms with Crippen molar-refractivity contribution in [3.8, 4) is 0 Å². The lowest BCUT2D eigenvalue weighted by Gasteiger charge is -2.32. The minimum Gasteiger partial charge on any atom is -0.394 e. The zero-order chi connectivity index (χ0) is 32.5. The number of nitrogens with two attached hydrogens (primary N) is 1. The molecule has 3 fully saturated rings. The Hall–Kier alpha value is -2.95. The van der Waals surface area contributed by atoms with E-state index in [0.29, 0.717) is 0 Å². The van der Waals surface area contributed by atoms with Gasteiger partial charge in [0.05, 0.1) is 26.1 Å². The average molecular weight is 679 g/mol. The first-order valence-corrected chi connectivity index (χ1v) is 16.0. The molecule has 1 unspecified atom stereocenters. The number of hydrogen-bond donors (Lipinski definition) is 7. The number of aryl methyl sites for hydroxylation is 1. The van der Waals surface area contributed by atoms with Gasteiger partial charge in [-0.2, -0.15) is 0 Å². The van der Waals surface area contributed by atoms with E-state index in [2.05, 4.69) is 19.9 Å². The number of H-pyrrole nitrogens is 1. The molecule has 3 aliphatic rings. The highest BCUT2D eigenvalue weighted by Gasteiger charge is 2.65. The van der Waals surface area contributed by atoms with E-state index in [9.17, 15) is 43.6 Å². The minimum absolute atomic E-state index is 0.0430. The van der Waals surface area contributed by atoms with Crippen molar-refractivity contribution in [1.82, 2.24) is 29.1 Å². The Labute approximate surface area is 250 Å². The van der Waals surface area contributed by atoms with Gasteiger partial charge in [-0.05, 0) is 6.92 Å². The quantitative estimate of drug-likeness (QED) is 0.106. The maximum Gasteiger partial charge on any atom is 0.472 e. The molecule has 3 saturated heterocycles. The van der Waals surface area contributed by atoms with Crippen LogP contribution in [0.2, 0.25) is 0 Å². The molecule has 0 aromatic carbocycles. The Morgan fingerprint density at radius 3 is 2.62 bits per heavy atom. The number of aliphatic hydroxyl groups is 2. The molecule has 22 nitrogen and oxygen atoms in total. The molecule has 6 rings (SSSR count). The number of nitrogen functional groups attached to an aromatic ring is 1. The lowest BCUT2D eigenvalue weighted by Crippen LogP contribution is -2.46. The second kappa shape index (κ2) is 11.4. The van der Waals surface area contributed by atoms with E-state index in [1.54, 1.807) is 0 Å². The number of phosphoric acid groups is 2. The van der Waals surface area contributed by atoms with Crippen LogP contribution in [0.5, 0.6) is 0 Å². The molecule has 8 N–H and O–H groups in total. The highest BCUT2D eigenvalue weighted by molar-refractivity contribution is 7.47. The molecular formula is C21H27N7O15P2. The number of aromatic nitrogens is 6. The number of nitrogens with zero attached hydrogens (tertiary/aromatic N) is 5. The smallest absolute Gasteiger partial charge is 0.394 e. The van der Waals surface area contributed by atoms with Crippen molar-refractivity contribution in [1.29, 1.82) is 0 Å². The molecule has 0 amide bonds. The summed E-state index contributed by atoms with van der Waals surface area (Å²) in [5.41, 5.74) is 2.65.